The molecule has 5 aromatic rings. The van der Waals surface area contributed by atoms with E-state index < -0.39 is 0 Å². The lowest BCUT2D eigenvalue weighted by atomic mass is 10.1. The molecule has 0 fully saturated rings. The lowest BCUT2D eigenvalue weighted by molar-refractivity contribution is 0.102. The van der Waals surface area contributed by atoms with Gasteiger partial charge in [0.2, 0.25) is 5.89 Å². The lowest BCUT2D eigenvalue weighted by Crippen LogP contribution is -2.13. The zero-order chi connectivity index (χ0) is 22.1. The number of carbonyl (C=O) groups is 1. The van der Waals surface area contributed by atoms with Crippen LogP contribution in [0.2, 0.25) is 0 Å². The van der Waals surface area contributed by atoms with Crippen LogP contribution in [0.15, 0.2) is 72.0 Å². The van der Waals surface area contributed by atoms with Crippen LogP contribution in [0, 0.1) is 18.3 Å². The first kappa shape index (κ1) is 19.1. The van der Waals surface area contributed by atoms with E-state index >= 15 is 0 Å². The highest BCUT2D eigenvalue weighted by atomic mass is 16.3. The number of anilines is 1. The van der Waals surface area contributed by atoms with E-state index in [1.54, 1.807) is 17.1 Å². The van der Waals surface area contributed by atoms with Crippen LogP contribution in [0.4, 0.5) is 5.69 Å². The largest absolute Gasteiger partial charge is 0.443 e. The van der Waals surface area contributed by atoms with Crippen molar-refractivity contribution in [1.29, 1.82) is 5.26 Å². The first-order chi connectivity index (χ1) is 15.7. The van der Waals surface area contributed by atoms with Crippen molar-refractivity contribution in [2.45, 2.75) is 6.92 Å². The number of pyridine rings is 2. The quantitative estimate of drug-likeness (QED) is 0.467. The minimum absolute atomic E-state index is 0.236. The molecule has 1 N–H and O–H groups in total. The number of amides is 1. The van der Waals surface area contributed by atoms with Crippen molar-refractivity contribution in [2.24, 2.45) is 0 Å². The summed E-state index contributed by atoms with van der Waals surface area (Å²) in [6.45, 7) is 1.81. The van der Waals surface area contributed by atoms with E-state index in [2.05, 4.69) is 31.4 Å². The zero-order valence-electron chi connectivity index (χ0n) is 16.9. The lowest BCUT2D eigenvalue weighted by Gasteiger charge is -2.09. The molecule has 5 rings (SSSR count). The van der Waals surface area contributed by atoms with Crippen molar-refractivity contribution >= 4 is 22.4 Å². The monoisotopic (exact) mass is 421 g/mol. The van der Waals surface area contributed by atoms with Crippen LogP contribution in [-0.2, 0) is 0 Å². The number of fused-ring (bicyclic) bond motifs is 1. The molecule has 0 saturated heterocycles. The molecule has 9 nitrogen and oxygen atoms in total. The van der Waals surface area contributed by atoms with Gasteiger partial charge in [-0.2, -0.15) is 10.4 Å². The Labute approximate surface area is 182 Å². The van der Waals surface area contributed by atoms with Crippen molar-refractivity contribution in [1.82, 2.24) is 24.7 Å². The Balaban J connectivity index is 1.45. The van der Waals surface area contributed by atoms with Gasteiger partial charge in [0.05, 0.1) is 53.0 Å². The van der Waals surface area contributed by atoms with Crippen LogP contribution in [0.5, 0.6) is 0 Å². The molecule has 0 unspecified atom stereocenters. The van der Waals surface area contributed by atoms with Crippen molar-refractivity contribution in [3.05, 3.63) is 84.4 Å². The van der Waals surface area contributed by atoms with E-state index in [-0.39, 0.29) is 17.4 Å². The maximum Gasteiger partial charge on any atom is 0.259 e. The predicted molar refractivity (Wildman–Crippen MR) is 116 cm³/mol. The molecule has 0 atom stereocenters. The van der Waals surface area contributed by atoms with E-state index in [9.17, 15) is 10.1 Å². The van der Waals surface area contributed by atoms with Gasteiger partial charge in [-0.05, 0) is 13.0 Å². The third-order valence-corrected chi connectivity index (χ3v) is 5.03. The number of nitriles is 1. The van der Waals surface area contributed by atoms with Gasteiger partial charge in [-0.15, -0.1) is 0 Å². The average Bonchev–Trinajstić information content (AvgIpc) is 3.49. The molecule has 0 aliphatic carbocycles. The Kier molecular flexibility index (Phi) is 4.65. The number of oxazole rings is 1. The fourth-order valence-corrected chi connectivity index (χ4v) is 3.47. The maximum atomic E-state index is 12.9. The third kappa shape index (κ3) is 3.26. The van der Waals surface area contributed by atoms with E-state index in [1.807, 2.05) is 31.2 Å². The van der Waals surface area contributed by atoms with Crippen LogP contribution < -0.4 is 5.32 Å². The highest BCUT2D eigenvalue weighted by Crippen LogP contribution is 2.24. The van der Waals surface area contributed by atoms with Crippen LogP contribution in [0.1, 0.15) is 21.6 Å². The molecular formula is C23H15N7O2. The zero-order valence-corrected chi connectivity index (χ0v) is 16.9. The smallest absolute Gasteiger partial charge is 0.259 e. The number of nitrogens with zero attached hydrogens (tertiary/aromatic N) is 6. The molecule has 0 aliphatic rings. The molecule has 9 heteroatoms. The molecule has 4 heterocycles. The number of benzene rings is 1. The number of rotatable bonds is 4. The normalized spacial score (nSPS) is 10.8. The molecule has 0 spiro atoms. The molecule has 0 bridgehead atoms. The topological polar surface area (TPSA) is 123 Å². The second kappa shape index (κ2) is 7.77. The molecule has 0 aliphatic heterocycles. The minimum atomic E-state index is -0.364. The van der Waals surface area contributed by atoms with E-state index in [0.29, 0.717) is 22.6 Å². The van der Waals surface area contributed by atoms with Gasteiger partial charge < -0.3 is 9.73 Å². The fraction of sp³-hybridized carbons (Fsp3) is 0.0435. The summed E-state index contributed by atoms with van der Waals surface area (Å²) >= 11 is 0. The van der Waals surface area contributed by atoms with Crippen molar-refractivity contribution in [3.8, 4) is 23.3 Å². The Morgan fingerprint density at radius 1 is 1.16 bits per heavy atom. The summed E-state index contributed by atoms with van der Waals surface area (Å²) in [6.07, 6.45) is 9.33. The summed E-state index contributed by atoms with van der Waals surface area (Å²) in [5.74, 6) is -0.128. The molecule has 154 valence electrons. The molecular weight excluding hydrogens is 406 g/mol. The number of carbonyl (C=O) groups excluding carboxylic acids is 1. The Hall–Kier alpha value is -4.84. The van der Waals surface area contributed by atoms with Crippen molar-refractivity contribution in [3.63, 3.8) is 0 Å². The Bertz CT molecular complexity index is 1490. The molecule has 1 aromatic carbocycles. The minimum Gasteiger partial charge on any atom is -0.443 e. The Morgan fingerprint density at radius 2 is 2.03 bits per heavy atom. The van der Waals surface area contributed by atoms with Gasteiger partial charge in [0.25, 0.3) is 5.91 Å². The number of hydrogen-bond acceptors (Lipinski definition) is 7. The number of aromatic nitrogens is 5. The second-order valence-corrected chi connectivity index (χ2v) is 6.96. The number of hydrogen-bond donors (Lipinski definition) is 1. The second-order valence-electron chi connectivity index (χ2n) is 6.96. The highest BCUT2D eigenvalue weighted by Gasteiger charge is 2.18. The average molecular weight is 421 g/mol. The number of nitrogens with one attached hydrogen (secondary N) is 1. The summed E-state index contributed by atoms with van der Waals surface area (Å²) in [4.78, 5) is 25.5. The van der Waals surface area contributed by atoms with E-state index in [4.69, 9.17) is 4.42 Å². The molecule has 0 radical (unpaired) electrons. The summed E-state index contributed by atoms with van der Waals surface area (Å²) in [5.41, 5.74) is 2.76. The molecule has 4 aromatic heterocycles. The van der Waals surface area contributed by atoms with Crippen LogP contribution in [-0.4, -0.2) is 30.6 Å². The van der Waals surface area contributed by atoms with E-state index in [0.717, 1.165) is 16.5 Å². The molecule has 32 heavy (non-hydrogen) atoms. The summed E-state index contributed by atoms with van der Waals surface area (Å²) in [7, 11) is 0. The van der Waals surface area contributed by atoms with Gasteiger partial charge in [-0.3, -0.25) is 9.78 Å². The standard InChI is InChI=1S/C23H15N7O2/c1-14-19(12-28-30(14)20-13-25-10-15-4-2-3-5-18(15)20)22(31)29-17-8-16(9-24)21(27-11-17)23-26-6-7-32-23/h2-8,10-13H,1H3,(H,29,31). The molecule has 1 amide bonds. The summed E-state index contributed by atoms with van der Waals surface area (Å²) < 4.78 is 6.90. The van der Waals surface area contributed by atoms with Gasteiger partial charge in [0.15, 0.2) is 0 Å². The van der Waals surface area contributed by atoms with Crippen molar-refractivity contribution in [2.75, 3.05) is 5.32 Å². The van der Waals surface area contributed by atoms with Gasteiger partial charge in [-0.1, -0.05) is 24.3 Å². The van der Waals surface area contributed by atoms with Gasteiger partial charge in [0.1, 0.15) is 18.0 Å². The van der Waals surface area contributed by atoms with Gasteiger partial charge >= 0.3 is 0 Å². The van der Waals surface area contributed by atoms with Crippen LogP contribution in [0.3, 0.4) is 0 Å². The van der Waals surface area contributed by atoms with Crippen LogP contribution in [0.25, 0.3) is 28.0 Å². The first-order valence-corrected chi connectivity index (χ1v) is 9.65. The summed E-state index contributed by atoms with van der Waals surface area (Å²) in [6, 6.07) is 11.4. The van der Waals surface area contributed by atoms with Gasteiger partial charge in [0, 0.05) is 17.0 Å². The van der Waals surface area contributed by atoms with E-state index in [1.165, 1.54) is 30.9 Å². The SMILES string of the molecule is Cc1c(C(=O)Nc2cnc(-c3ncco3)c(C#N)c2)cnn1-c1cncc2ccccc12. The van der Waals surface area contributed by atoms with Crippen LogP contribution >= 0.6 is 0 Å². The maximum absolute atomic E-state index is 12.9. The molecule has 0 saturated carbocycles. The Morgan fingerprint density at radius 3 is 2.84 bits per heavy atom. The summed E-state index contributed by atoms with van der Waals surface area (Å²) in [5, 5.41) is 18.6. The first-order valence-electron chi connectivity index (χ1n) is 9.65. The third-order valence-electron chi connectivity index (χ3n) is 5.03. The van der Waals surface area contributed by atoms with Gasteiger partial charge in [-0.25, -0.2) is 14.6 Å². The van der Waals surface area contributed by atoms with Crippen molar-refractivity contribution < 1.29 is 9.21 Å². The fourth-order valence-electron chi connectivity index (χ4n) is 3.47. The predicted octanol–water partition coefficient (Wildman–Crippen LogP) is 3.90. The highest BCUT2D eigenvalue weighted by molar-refractivity contribution is 6.05.